The van der Waals surface area contributed by atoms with Crippen molar-refractivity contribution in [1.82, 2.24) is 5.06 Å². The highest BCUT2D eigenvalue weighted by molar-refractivity contribution is 8.00. The van der Waals surface area contributed by atoms with E-state index in [1.54, 1.807) is 0 Å². The highest BCUT2D eigenvalue weighted by Gasteiger charge is 2.39. The number of carbonyl (C=O) groups excluding carboxylic acids is 3. The van der Waals surface area contributed by atoms with E-state index in [4.69, 9.17) is 0 Å². The Balaban J connectivity index is 2.04. The number of benzene rings is 1. The van der Waals surface area contributed by atoms with E-state index in [1.807, 2.05) is 0 Å². The highest BCUT2D eigenvalue weighted by atomic mass is 32.2. The van der Waals surface area contributed by atoms with E-state index < -0.39 is 40.8 Å². The number of hydroxylamine groups is 2. The molecule has 106 valence electrons. The van der Waals surface area contributed by atoms with Gasteiger partial charge in [0.05, 0.1) is 11.1 Å². The van der Waals surface area contributed by atoms with Crippen LogP contribution in [0.25, 0.3) is 0 Å². The van der Waals surface area contributed by atoms with Crippen molar-refractivity contribution in [2.45, 2.75) is 5.51 Å². The first kappa shape index (κ1) is 14.4. The van der Waals surface area contributed by atoms with Gasteiger partial charge in [-0.15, -0.1) is 0 Å². The summed E-state index contributed by atoms with van der Waals surface area (Å²) in [5.41, 5.74) is -4.52. The third kappa shape index (κ3) is 2.93. The van der Waals surface area contributed by atoms with E-state index in [2.05, 4.69) is 4.84 Å². The number of fused-ring (bicyclic) bond motifs is 1. The van der Waals surface area contributed by atoms with Crippen LogP contribution in [0, 0.1) is 0 Å². The van der Waals surface area contributed by atoms with Gasteiger partial charge in [-0.3, -0.25) is 9.59 Å². The second-order valence-corrected chi connectivity index (χ2v) is 4.69. The van der Waals surface area contributed by atoms with Gasteiger partial charge in [0, 0.05) is 0 Å². The molecule has 0 spiro atoms. The zero-order valence-electron chi connectivity index (χ0n) is 9.64. The fourth-order valence-corrected chi connectivity index (χ4v) is 1.85. The summed E-state index contributed by atoms with van der Waals surface area (Å²) in [6.07, 6.45) is 0. The summed E-state index contributed by atoms with van der Waals surface area (Å²) in [7, 11) is 0. The molecule has 0 atom stereocenters. The normalized spacial score (nSPS) is 14.4. The molecule has 1 heterocycles. The molecule has 1 aliphatic rings. The van der Waals surface area contributed by atoms with E-state index in [1.165, 1.54) is 24.3 Å². The monoisotopic (exact) mass is 305 g/mol. The van der Waals surface area contributed by atoms with Gasteiger partial charge in [-0.05, 0) is 23.9 Å². The summed E-state index contributed by atoms with van der Waals surface area (Å²) in [5, 5.41) is 0.171. The zero-order chi connectivity index (χ0) is 14.9. The number of hydrogen-bond donors (Lipinski definition) is 0. The van der Waals surface area contributed by atoms with Crippen LogP contribution in [0.15, 0.2) is 24.3 Å². The topological polar surface area (TPSA) is 63.7 Å². The molecule has 1 aromatic carbocycles. The number of nitrogens with zero attached hydrogens (tertiary/aromatic N) is 1. The van der Waals surface area contributed by atoms with Crippen molar-refractivity contribution in [3.05, 3.63) is 35.4 Å². The van der Waals surface area contributed by atoms with E-state index in [9.17, 15) is 27.6 Å². The number of imide groups is 1. The number of carbonyl (C=O) groups is 3. The quantitative estimate of drug-likeness (QED) is 0.799. The molecule has 0 radical (unpaired) electrons. The number of rotatable bonds is 3. The molecular formula is C11H6F3NO4S. The van der Waals surface area contributed by atoms with Gasteiger partial charge in [0.2, 0.25) is 0 Å². The molecule has 9 heteroatoms. The summed E-state index contributed by atoms with van der Waals surface area (Å²) in [5.74, 6) is -4.13. The van der Waals surface area contributed by atoms with E-state index in [0.717, 1.165) is 0 Å². The fourth-order valence-electron chi connectivity index (χ4n) is 1.52. The van der Waals surface area contributed by atoms with Crippen LogP contribution in [0.2, 0.25) is 0 Å². The third-order valence-corrected chi connectivity index (χ3v) is 3.01. The lowest BCUT2D eigenvalue weighted by Crippen LogP contribution is -2.33. The average Bonchev–Trinajstić information content (AvgIpc) is 2.62. The van der Waals surface area contributed by atoms with Crippen molar-refractivity contribution in [1.29, 1.82) is 0 Å². The largest absolute Gasteiger partial charge is 0.442 e. The Bertz CT molecular complexity index is 552. The minimum Gasteiger partial charge on any atom is -0.329 e. The van der Waals surface area contributed by atoms with Crippen LogP contribution in [0.1, 0.15) is 20.7 Å². The summed E-state index contributed by atoms with van der Waals surface area (Å²) in [4.78, 5) is 39.1. The molecule has 2 amide bonds. The molecule has 0 saturated heterocycles. The van der Waals surface area contributed by atoms with Gasteiger partial charge in [0.1, 0.15) is 5.75 Å². The summed E-state index contributed by atoms with van der Waals surface area (Å²) >= 11 is -0.612. The number of thioether (sulfide) groups is 1. The molecule has 0 bridgehead atoms. The zero-order valence-corrected chi connectivity index (χ0v) is 10.5. The van der Waals surface area contributed by atoms with Crippen LogP contribution < -0.4 is 0 Å². The van der Waals surface area contributed by atoms with Crippen molar-refractivity contribution >= 4 is 29.5 Å². The summed E-state index contributed by atoms with van der Waals surface area (Å²) < 4.78 is 35.7. The summed E-state index contributed by atoms with van der Waals surface area (Å²) in [6, 6.07) is 5.73. The Kier molecular flexibility index (Phi) is 3.71. The first-order valence-electron chi connectivity index (χ1n) is 5.19. The maximum absolute atomic E-state index is 11.9. The van der Waals surface area contributed by atoms with Gasteiger partial charge < -0.3 is 4.84 Å². The molecular weight excluding hydrogens is 299 g/mol. The van der Waals surface area contributed by atoms with Crippen LogP contribution in [-0.4, -0.2) is 34.1 Å². The van der Waals surface area contributed by atoms with Gasteiger partial charge in [-0.1, -0.05) is 17.2 Å². The van der Waals surface area contributed by atoms with Crippen molar-refractivity contribution in [2.75, 3.05) is 5.75 Å². The number of hydrogen-bond acceptors (Lipinski definition) is 5. The lowest BCUT2D eigenvalue weighted by atomic mass is 10.1. The fraction of sp³-hybridized carbons (Fsp3) is 0.182. The predicted molar refractivity (Wildman–Crippen MR) is 61.5 cm³/mol. The predicted octanol–water partition coefficient (Wildman–Crippen LogP) is 1.99. The maximum atomic E-state index is 11.9. The Labute approximate surface area is 114 Å². The molecule has 0 fully saturated rings. The lowest BCUT2D eigenvalue weighted by molar-refractivity contribution is -0.165. The second-order valence-electron chi connectivity index (χ2n) is 3.65. The Morgan fingerprint density at radius 2 is 1.65 bits per heavy atom. The molecule has 0 N–H and O–H groups in total. The number of halogens is 3. The molecule has 0 aromatic heterocycles. The molecule has 1 aromatic rings. The van der Waals surface area contributed by atoms with Crippen LogP contribution in [0.3, 0.4) is 0 Å². The van der Waals surface area contributed by atoms with Crippen molar-refractivity contribution in [2.24, 2.45) is 0 Å². The van der Waals surface area contributed by atoms with Crippen LogP contribution in [-0.2, 0) is 9.63 Å². The molecule has 5 nitrogen and oxygen atoms in total. The summed E-state index contributed by atoms with van der Waals surface area (Å²) in [6.45, 7) is 0. The number of amides is 2. The first-order valence-corrected chi connectivity index (χ1v) is 6.17. The Hall–Kier alpha value is -2.03. The van der Waals surface area contributed by atoms with Gasteiger partial charge in [-0.25, -0.2) is 4.79 Å². The average molecular weight is 305 g/mol. The standard InChI is InChI=1S/C11H6F3NO4S/c12-11(13,14)20-5-8(16)19-15-9(17)6-3-1-2-4-7(6)10(15)18/h1-4H,5H2. The van der Waals surface area contributed by atoms with E-state index >= 15 is 0 Å². The number of alkyl halides is 3. The Morgan fingerprint density at radius 3 is 2.10 bits per heavy atom. The van der Waals surface area contributed by atoms with Crippen LogP contribution in [0.4, 0.5) is 13.2 Å². The molecule has 1 aliphatic heterocycles. The maximum Gasteiger partial charge on any atom is 0.442 e. The molecule has 0 unspecified atom stereocenters. The van der Waals surface area contributed by atoms with Gasteiger partial charge >= 0.3 is 11.5 Å². The highest BCUT2D eigenvalue weighted by Crippen LogP contribution is 2.30. The van der Waals surface area contributed by atoms with Crippen molar-refractivity contribution < 1.29 is 32.4 Å². The SMILES string of the molecule is O=C(CSC(F)(F)F)ON1C(=O)c2ccccc2C1=O. The van der Waals surface area contributed by atoms with Crippen molar-refractivity contribution in [3.63, 3.8) is 0 Å². The van der Waals surface area contributed by atoms with Gasteiger partial charge in [0.25, 0.3) is 11.8 Å². The smallest absolute Gasteiger partial charge is 0.329 e. The van der Waals surface area contributed by atoms with E-state index in [0.29, 0.717) is 0 Å². The molecule has 0 saturated carbocycles. The second kappa shape index (κ2) is 5.16. The Morgan fingerprint density at radius 1 is 1.15 bits per heavy atom. The van der Waals surface area contributed by atoms with E-state index in [-0.39, 0.29) is 16.2 Å². The van der Waals surface area contributed by atoms with Gasteiger partial charge in [-0.2, -0.15) is 13.2 Å². The lowest BCUT2D eigenvalue weighted by Gasteiger charge is -2.12. The third-order valence-electron chi connectivity index (χ3n) is 2.30. The minimum atomic E-state index is -4.60. The van der Waals surface area contributed by atoms with Crippen molar-refractivity contribution in [3.8, 4) is 0 Å². The molecule has 20 heavy (non-hydrogen) atoms. The molecule has 0 aliphatic carbocycles. The van der Waals surface area contributed by atoms with Crippen LogP contribution in [0.5, 0.6) is 0 Å². The minimum absolute atomic E-state index is 0.0359. The van der Waals surface area contributed by atoms with Gasteiger partial charge in [0.15, 0.2) is 0 Å². The first-order chi connectivity index (χ1) is 9.29. The van der Waals surface area contributed by atoms with Crippen LogP contribution >= 0.6 is 11.8 Å². The molecule has 2 rings (SSSR count).